The van der Waals surface area contributed by atoms with E-state index in [2.05, 4.69) is 5.10 Å². The van der Waals surface area contributed by atoms with Crippen LogP contribution in [0.2, 0.25) is 5.02 Å². The summed E-state index contributed by atoms with van der Waals surface area (Å²) in [6.45, 7) is 0.0575. The van der Waals surface area contributed by atoms with Crippen molar-refractivity contribution in [1.29, 1.82) is 5.41 Å². The van der Waals surface area contributed by atoms with Crippen molar-refractivity contribution in [2.24, 2.45) is 10.9 Å². The number of nitrogens with one attached hydrogen (secondary N) is 1. The van der Waals surface area contributed by atoms with Crippen LogP contribution in [0.4, 0.5) is 13.2 Å². The van der Waals surface area contributed by atoms with E-state index in [0.29, 0.717) is 16.9 Å². The maximum absolute atomic E-state index is 12.5. The van der Waals surface area contributed by atoms with Gasteiger partial charge in [-0.05, 0) is 23.8 Å². The molecule has 0 aromatic heterocycles. The Balaban J connectivity index is 0.00000338. The summed E-state index contributed by atoms with van der Waals surface area (Å²) in [5.41, 5.74) is 0.369. The van der Waals surface area contributed by atoms with Gasteiger partial charge in [-0.15, -0.1) is 12.4 Å². The molecule has 0 aliphatic rings. The molecule has 140 valence electrons. The number of hydrogen-bond donors (Lipinski definition) is 2. The van der Waals surface area contributed by atoms with Crippen LogP contribution in [0.5, 0.6) is 5.75 Å². The normalized spacial score (nSPS) is 11.1. The number of rotatable bonds is 6. The third kappa shape index (κ3) is 5.91. The predicted octanol–water partition coefficient (Wildman–Crippen LogP) is 4.48. The lowest BCUT2D eigenvalue weighted by Gasteiger charge is -2.11. The lowest BCUT2D eigenvalue weighted by Crippen LogP contribution is -2.22. The van der Waals surface area contributed by atoms with Crippen molar-refractivity contribution in [2.45, 2.75) is 12.8 Å². The first kappa shape index (κ1) is 21.8. The largest absolute Gasteiger partial charge is 0.487 e. The maximum Gasteiger partial charge on any atom is 0.416 e. The topological polar surface area (TPSA) is 74.7 Å². The SMILES string of the molecule is Cl.N=CN(N)N=Cc1cccc(OCc2ccc(C(F)(F)F)cc2)c1Cl. The summed E-state index contributed by atoms with van der Waals surface area (Å²) in [6.07, 6.45) is -2.20. The quantitative estimate of drug-likeness (QED) is 0.321. The molecular formula is C16H15Cl2F3N4O. The zero-order valence-corrected chi connectivity index (χ0v) is 14.8. The standard InChI is InChI=1S/C16H14ClF3N4O.ClH/c17-15-12(8-23-24(22)10-21)2-1-3-14(15)25-9-11-4-6-13(7-5-11)16(18,19)20;/h1-8,10,21H,9,22H2;1H. The Kier molecular flexibility index (Phi) is 7.88. The molecule has 0 saturated heterocycles. The van der Waals surface area contributed by atoms with Gasteiger partial charge in [-0.3, -0.25) is 5.41 Å². The maximum atomic E-state index is 12.5. The number of benzene rings is 2. The van der Waals surface area contributed by atoms with Crippen LogP contribution in [-0.2, 0) is 12.8 Å². The highest BCUT2D eigenvalue weighted by molar-refractivity contribution is 6.34. The first-order valence-corrected chi connectivity index (χ1v) is 7.35. The fourth-order valence-corrected chi connectivity index (χ4v) is 2.08. The van der Waals surface area contributed by atoms with Gasteiger partial charge < -0.3 is 4.74 Å². The summed E-state index contributed by atoms with van der Waals surface area (Å²) >= 11 is 6.21. The van der Waals surface area contributed by atoms with Gasteiger partial charge in [0.1, 0.15) is 18.7 Å². The summed E-state index contributed by atoms with van der Waals surface area (Å²) < 4.78 is 43.2. The Hall–Kier alpha value is -2.29. The third-order valence-electron chi connectivity index (χ3n) is 3.13. The fraction of sp³-hybridized carbons (Fsp3) is 0.125. The minimum atomic E-state index is -4.37. The van der Waals surface area contributed by atoms with Gasteiger partial charge in [0.05, 0.1) is 16.8 Å². The van der Waals surface area contributed by atoms with Crippen molar-refractivity contribution in [1.82, 2.24) is 5.12 Å². The Morgan fingerprint density at radius 3 is 2.42 bits per heavy atom. The highest BCUT2D eigenvalue weighted by Gasteiger charge is 2.29. The Bertz CT molecular complexity index is 767. The van der Waals surface area contributed by atoms with E-state index >= 15 is 0 Å². The first-order valence-electron chi connectivity index (χ1n) is 6.97. The van der Waals surface area contributed by atoms with Crippen molar-refractivity contribution in [3.05, 3.63) is 64.2 Å². The first-order chi connectivity index (χ1) is 11.8. The van der Waals surface area contributed by atoms with Crippen LogP contribution in [0.15, 0.2) is 47.6 Å². The van der Waals surface area contributed by atoms with E-state index in [4.69, 9.17) is 27.6 Å². The molecule has 3 N–H and O–H groups in total. The van der Waals surface area contributed by atoms with E-state index in [9.17, 15) is 13.2 Å². The number of nitrogens with zero attached hydrogens (tertiary/aromatic N) is 2. The van der Waals surface area contributed by atoms with Gasteiger partial charge in [0.2, 0.25) is 0 Å². The average Bonchev–Trinajstić information content (AvgIpc) is 2.59. The van der Waals surface area contributed by atoms with E-state index in [0.717, 1.165) is 23.6 Å². The number of nitrogens with two attached hydrogens (primary N) is 1. The second-order valence-electron chi connectivity index (χ2n) is 4.90. The van der Waals surface area contributed by atoms with Gasteiger partial charge in [-0.1, -0.05) is 35.9 Å². The molecule has 0 unspecified atom stereocenters. The van der Waals surface area contributed by atoms with Gasteiger partial charge >= 0.3 is 6.18 Å². The van der Waals surface area contributed by atoms with Crippen LogP contribution in [0.3, 0.4) is 0 Å². The van der Waals surface area contributed by atoms with Gasteiger partial charge in [-0.2, -0.15) is 23.4 Å². The predicted molar refractivity (Wildman–Crippen MR) is 96.9 cm³/mol. The molecule has 26 heavy (non-hydrogen) atoms. The van der Waals surface area contributed by atoms with Crippen LogP contribution in [-0.4, -0.2) is 17.7 Å². The van der Waals surface area contributed by atoms with E-state index < -0.39 is 11.7 Å². The van der Waals surface area contributed by atoms with Gasteiger partial charge in [-0.25, -0.2) is 5.84 Å². The fourth-order valence-electron chi connectivity index (χ4n) is 1.85. The molecule has 2 aromatic rings. The minimum absolute atomic E-state index is 0. The van der Waals surface area contributed by atoms with E-state index in [1.807, 2.05) is 0 Å². The molecule has 0 bridgehead atoms. The highest BCUT2D eigenvalue weighted by Crippen LogP contribution is 2.30. The molecule has 5 nitrogen and oxygen atoms in total. The van der Waals surface area contributed by atoms with Crippen molar-refractivity contribution >= 4 is 36.6 Å². The zero-order chi connectivity index (χ0) is 18.4. The number of halogens is 5. The zero-order valence-electron chi connectivity index (χ0n) is 13.2. The molecule has 0 saturated carbocycles. The Morgan fingerprint density at radius 1 is 1.19 bits per heavy atom. The van der Waals surface area contributed by atoms with E-state index in [1.165, 1.54) is 18.3 Å². The summed E-state index contributed by atoms with van der Waals surface area (Å²) in [5, 5.41) is 11.8. The number of hydrazine groups is 1. The monoisotopic (exact) mass is 406 g/mol. The third-order valence-corrected chi connectivity index (χ3v) is 3.54. The molecule has 0 atom stereocenters. The van der Waals surface area contributed by atoms with Gasteiger partial charge in [0, 0.05) is 5.56 Å². The number of ether oxygens (including phenoxy) is 1. The van der Waals surface area contributed by atoms with Crippen LogP contribution < -0.4 is 10.6 Å². The van der Waals surface area contributed by atoms with Crippen LogP contribution in [0.25, 0.3) is 0 Å². The smallest absolute Gasteiger partial charge is 0.416 e. The Labute approximate surface area is 159 Å². The molecule has 2 rings (SSSR count). The molecular weight excluding hydrogens is 392 g/mol. The number of alkyl halides is 3. The summed E-state index contributed by atoms with van der Waals surface area (Å²) in [6, 6.07) is 9.67. The molecule has 0 fully saturated rings. The molecule has 0 amide bonds. The highest BCUT2D eigenvalue weighted by atomic mass is 35.5. The average molecular weight is 407 g/mol. The summed E-state index contributed by atoms with van der Waals surface area (Å²) in [4.78, 5) is 0. The lowest BCUT2D eigenvalue weighted by molar-refractivity contribution is -0.137. The molecule has 10 heteroatoms. The number of hydrogen-bond acceptors (Lipinski definition) is 4. The molecule has 0 radical (unpaired) electrons. The second-order valence-corrected chi connectivity index (χ2v) is 5.27. The number of hydrazone groups is 1. The second kappa shape index (κ2) is 9.42. The van der Waals surface area contributed by atoms with Crippen molar-refractivity contribution < 1.29 is 17.9 Å². The van der Waals surface area contributed by atoms with Crippen LogP contribution in [0, 0.1) is 5.41 Å². The molecule has 0 aliphatic heterocycles. The van der Waals surface area contributed by atoms with Crippen LogP contribution >= 0.6 is 24.0 Å². The summed E-state index contributed by atoms with van der Waals surface area (Å²) in [7, 11) is 0. The minimum Gasteiger partial charge on any atom is -0.487 e. The molecule has 0 spiro atoms. The Morgan fingerprint density at radius 2 is 1.85 bits per heavy atom. The lowest BCUT2D eigenvalue weighted by atomic mass is 10.1. The van der Waals surface area contributed by atoms with Crippen molar-refractivity contribution in [3.8, 4) is 5.75 Å². The van der Waals surface area contributed by atoms with E-state index in [1.54, 1.807) is 18.2 Å². The summed E-state index contributed by atoms with van der Waals surface area (Å²) in [5.74, 6) is 5.68. The van der Waals surface area contributed by atoms with Gasteiger partial charge in [0.25, 0.3) is 0 Å². The van der Waals surface area contributed by atoms with E-state index in [-0.39, 0.29) is 24.0 Å². The molecule has 0 heterocycles. The van der Waals surface area contributed by atoms with Crippen LogP contribution in [0.1, 0.15) is 16.7 Å². The van der Waals surface area contributed by atoms with Crippen molar-refractivity contribution in [2.75, 3.05) is 0 Å². The van der Waals surface area contributed by atoms with Gasteiger partial charge in [0.15, 0.2) is 0 Å². The van der Waals surface area contributed by atoms with Crippen molar-refractivity contribution in [3.63, 3.8) is 0 Å². The molecule has 2 aromatic carbocycles. The molecule has 0 aliphatic carbocycles.